The number of carbonyl (C=O) groups is 1. The van der Waals surface area contributed by atoms with Crippen molar-refractivity contribution in [2.24, 2.45) is 0 Å². The monoisotopic (exact) mass is 394 g/mol. The Kier molecular flexibility index (Phi) is 4.96. The first kappa shape index (κ1) is 18.4. The summed E-state index contributed by atoms with van der Waals surface area (Å²) in [7, 11) is 0. The number of hydrogen-bond donors (Lipinski definition) is 0. The Bertz CT molecular complexity index is 1140. The molecule has 2 atom stereocenters. The van der Waals surface area contributed by atoms with E-state index in [0.29, 0.717) is 10.8 Å². The van der Waals surface area contributed by atoms with Crippen molar-refractivity contribution in [2.75, 3.05) is 13.2 Å². The molecule has 4 rings (SSSR count). The minimum absolute atomic E-state index is 0.0215. The van der Waals surface area contributed by atoms with Gasteiger partial charge in [-0.3, -0.25) is 9.59 Å². The SMILES string of the molecule is CC(C(=O)OC[C@H]1COC(=S)O1)c1ccc2c(=O)c3ccccc3ccc2c1. The van der Waals surface area contributed by atoms with Crippen LogP contribution in [0.3, 0.4) is 0 Å². The van der Waals surface area contributed by atoms with Gasteiger partial charge in [-0.1, -0.05) is 54.6 Å². The molecule has 0 bridgehead atoms. The molecule has 0 amide bonds. The van der Waals surface area contributed by atoms with E-state index in [4.69, 9.17) is 26.4 Å². The van der Waals surface area contributed by atoms with Crippen LogP contribution < -0.4 is 5.43 Å². The second kappa shape index (κ2) is 7.56. The molecule has 3 aromatic rings. The van der Waals surface area contributed by atoms with Crippen LogP contribution in [-0.2, 0) is 19.0 Å². The fraction of sp³-hybridized carbons (Fsp3) is 0.227. The van der Waals surface area contributed by atoms with Gasteiger partial charge in [0.05, 0.1) is 5.92 Å². The predicted octanol–water partition coefficient (Wildman–Crippen LogP) is 3.70. The highest BCUT2D eigenvalue weighted by Crippen LogP contribution is 2.23. The molecule has 0 radical (unpaired) electrons. The van der Waals surface area contributed by atoms with Crippen LogP contribution in [0.2, 0.25) is 0 Å². The zero-order valence-electron chi connectivity index (χ0n) is 15.2. The van der Waals surface area contributed by atoms with Gasteiger partial charge < -0.3 is 14.2 Å². The van der Waals surface area contributed by atoms with Crippen LogP contribution in [0.15, 0.2) is 59.4 Å². The zero-order valence-corrected chi connectivity index (χ0v) is 16.0. The summed E-state index contributed by atoms with van der Waals surface area (Å²) in [6.07, 6.45) is -0.366. The first-order chi connectivity index (χ1) is 13.5. The van der Waals surface area contributed by atoms with E-state index in [1.165, 1.54) is 0 Å². The van der Waals surface area contributed by atoms with Gasteiger partial charge >= 0.3 is 11.2 Å². The third kappa shape index (κ3) is 3.55. The molecule has 0 aromatic heterocycles. The first-order valence-electron chi connectivity index (χ1n) is 8.99. The summed E-state index contributed by atoms with van der Waals surface area (Å²) in [5.41, 5.74) is 0.762. The quantitative estimate of drug-likeness (QED) is 0.497. The third-order valence-electron chi connectivity index (χ3n) is 4.88. The molecule has 6 heteroatoms. The summed E-state index contributed by atoms with van der Waals surface area (Å²) in [6.45, 7) is 2.15. The number of benzene rings is 2. The topological polar surface area (TPSA) is 61.8 Å². The van der Waals surface area contributed by atoms with E-state index >= 15 is 0 Å². The second-order valence-corrected chi connectivity index (χ2v) is 7.08. The van der Waals surface area contributed by atoms with Gasteiger partial charge in [-0.15, -0.1) is 0 Å². The number of rotatable bonds is 4. The first-order valence-corrected chi connectivity index (χ1v) is 9.39. The van der Waals surface area contributed by atoms with Crippen LogP contribution in [-0.4, -0.2) is 30.5 Å². The van der Waals surface area contributed by atoms with Gasteiger partial charge in [-0.2, -0.15) is 0 Å². The highest BCUT2D eigenvalue weighted by molar-refractivity contribution is 7.79. The number of thiocarbonyl (C=S) groups is 1. The Hall–Kier alpha value is -2.99. The van der Waals surface area contributed by atoms with Gasteiger partial charge in [0.2, 0.25) is 0 Å². The molecule has 0 spiro atoms. The number of hydrogen-bond acceptors (Lipinski definition) is 6. The molecule has 142 valence electrons. The van der Waals surface area contributed by atoms with Crippen LogP contribution in [0.4, 0.5) is 0 Å². The van der Waals surface area contributed by atoms with Crippen molar-refractivity contribution >= 4 is 45.0 Å². The standard InChI is InChI=1S/C22H18O5S/c1-13(21(24)25-11-17-12-26-22(28)27-17)15-8-9-19-16(10-15)7-6-14-4-2-3-5-18(14)20(19)23/h2-10,13,17H,11-12H2,1H3/t13?,17-/m0/s1. The zero-order chi connectivity index (χ0) is 19.7. The lowest BCUT2D eigenvalue weighted by Gasteiger charge is -2.14. The lowest BCUT2D eigenvalue weighted by molar-refractivity contribution is -0.147. The Morgan fingerprint density at radius 3 is 2.68 bits per heavy atom. The molecule has 1 heterocycles. The van der Waals surface area contributed by atoms with E-state index in [1.807, 2.05) is 42.5 Å². The molecule has 28 heavy (non-hydrogen) atoms. The van der Waals surface area contributed by atoms with Crippen LogP contribution >= 0.6 is 12.2 Å². The second-order valence-electron chi connectivity index (χ2n) is 6.75. The minimum atomic E-state index is -0.478. The Morgan fingerprint density at radius 2 is 1.89 bits per heavy atom. The molecule has 0 saturated carbocycles. The van der Waals surface area contributed by atoms with Gasteiger partial charge in [-0.25, -0.2) is 0 Å². The van der Waals surface area contributed by atoms with Crippen molar-refractivity contribution in [3.8, 4) is 0 Å². The summed E-state index contributed by atoms with van der Waals surface area (Å²) in [6, 6.07) is 16.8. The lowest BCUT2D eigenvalue weighted by Crippen LogP contribution is -2.23. The maximum absolute atomic E-state index is 12.9. The number of carbonyl (C=O) groups excluding carboxylic acids is 1. The van der Waals surface area contributed by atoms with Crippen molar-refractivity contribution in [3.63, 3.8) is 0 Å². The predicted molar refractivity (Wildman–Crippen MR) is 111 cm³/mol. The summed E-state index contributed by atoms with van der Waals surface area (Å²) in [4.78, 5) is 25.3. The molecule has 3 aromatic carbocycles. The van der Waals surface area contributed by atoms with Crippen LogP contribution in [0.25, 0.3) is 21.5 Å². The van der Waals surface area contributed by atoms with Gasteiger partial charge in [0.25, 0.3) is 0 Å². The summed E-state index contributed by atoms with van der Waals surface area (Å²) >= 11 is 4.79. The van der Waals surface area contributed by atoms with Gasteiger partial charge in [0.15, 0.2) is 11.5 Å². The van der Waals surface area contributed by atoms with Gasteiger partial charge in [0, 0.05) is 23.0 Å². The number of fused-ring (bicyclic) bond motifs is 2. The van der Waals surface area contributed by atoms with Crippen LogP contribution in [0, 0.1) is 0 Å². The van der Waals surface area contributed by atoms with Crippen molar-refractivity contribution in [1.29, 1.82) is 0 Å². The van der Waals surface area contributed by atoms with E-state index in [2.05, 4.69) is 0 Å². The maximum Gasteiger partial charge on any atom is 0.352 e. The van der Waals surface area contributed by atoms with Gasteiger partial charge in [0.1, 0.15) is 13.2 Å². The van der Waals surface area contributed by atoms with Gasteiger partial charge in [-0.05, 0) is 23.3 Å². The average molecular weight is 394 g/mol. The Balaban J connectivity index is 1.60. The summed E-state index contributed by atoms with van der Waals surface area (Å²) in [5, 5.41) is 3.05. The summed E-state index contributed by atoms with van der Waals surface area (Å²) in [5.74, 6) is -0.845. The van der Waals surface area contributed by atoms with E-state index in [-0.39, 0.29) is 36.0 Å². The molecule has 5 nitrogen and oxygen atoms in total. The van der Waals surface area contributed by atoms with E-state index in [1.54, 1.807) is 19.1 Å². The van der Waals surface area contributed by atoms with Crippen molar-refractivity contribution in [1.82, 2.24) is 0 Å². The fourth-order valence-corrected chi connectivity index (χ4v) is 3.46. The minimum Gasteiger partial charge on any atom is -0.461 e. The highest BCUT2D eigenvalue weighted by atomic mass is 32.1. The molecule has 0 N–H and O–H groups in total. The van der Waals surface area contributed by atoms with Crippen LogP contribution in [0.1, 0.15) is 18.4 Å². The highest BCUT2D eigenvalue weighted by Gasteiger charge is 2.25. The lowest BCUT2D eigenvalue weighted by atomic mass is 9.98. The Labute approximate surface area is 166 Å². The van der Waals surface area contributed by atoms with Crippen molar-refractivity contribution in [3.05, 3.63) is 70.4 Å². The smallest absolute Gasteiger partial charge is 0.352 e. The fourth-order valence-electron chi connectivity index (χ4n) is 3.25. The number of ether oxygens (including phenoxy) is 3. The molecular weight excluding hydrogens is 376 g/mol. The summed E-state index contributed by atoms with van der Waals surface area (Å²) < 4.78 is 15.6. The molecule has 1 fully saturated rings. The average Bonchev–Trinajstić information content (AvgIpc) is 3.08. The molecule has 1 aliphatic heterocycles. The van der Waals surface area contributed by atoms with E-state index < -0.39 is 5.92 Å². The Morgan fingerprint density at radius 1 is 1.14 bits per heavy atom. The molecule has 0 aliphatic carbocycles. The molecule has 1 aliphatic rings. The van der Waals surface area contributed by atoms with Crippen molar-refractivity contribution in [2.45, 2.75) is 18.9 Å². The third-order valence-corrected chi connectivity index (χ3v) is 5.10. The molecule has 1 unspecified atom stereocenters. The molecular formula is C22H18O5S. The van der Waals surface area contributed by atoms with Crippen LogP contribution in [0.5, 0.6) is 0 Å². The van der Waals surface area contributed by atoms with E-state index in [0.717, 1.165) is 16.3 Å². The van der Waals surface area contributed by atoms with E-state index in [9.17, 15) is 9.59 Å². The number of esters is 1. The molecule has 1 saturated heterocycles. The van der Waals surface area contributed by atoms with Crippen molar-refractivity contribution < 1.29 is 19.0 Å². The normalized spacial score (nSPS) is 17.2. The maximum atomic E-state index is 12.9. The largest absolute Gasteiger partial charge is 0.461 e.